The Morgan fingerprint density at radius 1 is 1.14 bits per heavy atom. The van der Waals surface area contributed by atoms with Crippen molar-refractivity contribution in [3.8, 4) is 5.75 Å². The molecule has 36 heavy (non-hydrogen) atoms. The number of ketones is 1. The van der Waals surface area contributed by atoms with Crippen LogP contribution in [0.2, 0.25) is 0 Å². The summed E-state index contributed by atoms with van der Waals surface area (Å²) in [5.41, 5.74) is 1.78. The molecule has 4 rings (SSSR count). The summed E-state index contributed by atoms with van der Waals surface area (Å²) in [5, 5.41) is 11.1. The van der Waals surface area contributed by atoms with Crippen molar-refractivity contribution in [3.05, 3.63) is 63.3 Å². The number of fused-ring (bicyclic) bond motifs is 1. The third-order valence-electron chi connectivity index (χ3n) is 5.54. The van der Waals surface area contributed by atoms with Gasteiger partial charge in [0.25, 0.3) is 0 Å². The van der Waals surface area contributed by atoms with Crippen LogP contribution in [-0.2, 0) is 22.5 Å². The Bertz CT molecular complexity index is 1280. The normalized spacial score (nSPS) is 14.3. The average Bonchev–Trinajstić information content (AvgIpc) is 3.60. The van der Waals surface area contributed by atoms with Gasteiger partial charge >= 0.3 is 40.6 Å². The molecule has 1 saturated carbocycles. The fourth-order valence-corrected chi connectivity index (χ4v) is 4.57. The summed E-state index contributed by atoms with van der Waals surface area (Å²) in [5.74, 6) is -1.07. The second kappa shape index (κ2) is 11.9. The van der Waals surface area contributed by atoms with Gasteiger partial charge < -0.3 is 19.4 Å². The van der Waals surface area contributed by atoms with E-state index in [0.717, 1.165) is 34.4 Å². The molecule has 1 aromatic heterocycles. The van der Waals surface area contributed by atoms with Gasteiger partial charge in [-0.15, -0.1) is 0 Å². The molecule has 3 aromatic rings. The van der Waals surface area contributed by atoms with Gasteiger partial charge in [-0.3, -0.25) is 14.2 Å². The van der Waals surface area contributed by atoms with E-state index in [0.29, 0.717) is 16.9 Å². The molecule has 0 N–H and O–H groups in total. The molecule has 0 aliphatic heterocycles. The average molecular weight is 531 g/mol. The van der Waals surface area contributed by atoms with Crippen LogP contribution < -0.4 is 44.3 Å². The maximum Gasteiger partial charge on any atom is 1.00 e. The number of carboxylic acid groups (broad SMARTS) is 1. The molecule has 0 radical (unpaired) electrons. The van der Waals surface area contributed by atoms with Crippen molar-refractivity contribution in [2.75, 3.05) is 13.2 Å². The van der Waals surface area contributed by atoms with E-state index in [4.69, 9.17) is 4.74 Å². The molecule has 0 spiro atoms. The minimum atomic E-state index is -4.64. The second-order valence-electron chi connectivity index (χ2n) is 8.27. The number of benzene rings is 2. The van der Waals surface area contributed by atoms with Gasteiger partial charge in [0, 0.05) is 17.9 Å². The number of aromatic nitrogens is 1. The van der Waals surface area contributed by atoms with E-state index in [2.05, 4.69) is 4.74 Å². The molecule has 1 aliphatic carbocycles. The number of alkyl halides is 3. The first-order chi connectivity index (χ1) is 16.6. The molecule has 0 amide bonds. The number of Topliss-reactive ketones (excluding diaryl/α,β-unsaturated/α-hetero) is 1. The Balaban J connectivity index is 0.00000361. The molecule has 2 aromatic carbocycles. The number of hydrogen-bond acceptors (Lipinski definition) is 7. The standard InChI is InChI=1S/C24H22F3NO6S.Na/c25-24(26,27)13-34-19(22(30)31)11-14-1-6-17(7-2-14)33-10-9-28-18-8-5-16(21(29)15-3-4-15)12-20(18)35-23(28)32;/h1-2,5-8,12,15,19H,3-4,9-11,13H2,(H,30,31);/q;+1/p-1/t19-;/m1./s1. The minimum absolute atomic E-state index is 0. The van der Waals surface area contributed by atoms with Crippen LogP contribution >= 0.6 is 11.3 Å². The maximum atomic E-state index is 12.4. The number of hydrogen-bond donors (Lipinski definition) is 0. The van der Waals surface area contributed by atoms with Gasteiger partial charge in [-0.1, -0.05) is 23.5 Å². The number of carboxylic acids is 1. The summed E-state index contributed by atoms with van der Waals surface area (Å²) in [6, 6.07) is 11.4. The monoisotopic (exact) mass is 531 g/mol. The minimum Gasteiger partial charge on any atom is -0.547 e. The fraction of sp³-hybridized carbons (Fsp3) is 0.375. The van der Waals surface area contributed by atoms with Crippen molar-refractivity contribution >= 4 is 33.3 Å². The first-order valence-corrected chi connectivity index (χ1v) is 11.7. The zero-order valence-electron chi connectivity index (χ0n) is 19.4. The van der Waals surface area contributed by atoms with Gasteiger partial charge in [-0.2, -0.15) is 13.2 Å². The molecular weight excluding hydrogens is 510 g/mol. The third kappa shape index (κ3) is 7.42. The van der Waals surface area contributed by atoms with Crippen molar-refractivity contribution in [1.82, 2.24) is 4.57 Å². The molecular formula is C24H21F3NNaO6S. The van der Waals surface area contributed by atoms with Gasteiger partial charge in [-0.25, -0.2) is 0 Å². The van der Waals surface area contributed by atoms with Crippen molar-refractivity contribution in [3.63, 3.8) is 0 Å². The number of nitrogens with zero attached hydrogens (tertiary/aromatic N) is 1. The predicted molar refractivity (Wildman–Crippen MR) is 120 cm³/mol. The summed E-state index contributed by atoms with van der Waals surface area (Å²) < 4.78 is 49.3. The largest absolute Gasteiger partial charge is 1.00 e. The van der Waals surface area contributed by atoms with Crippen LogP contribution in [0.1, 0.15) is 28.8 Å². The van der Waals surface area contributed by atoms with Crippen molar-refractivity contribution < 1.29 is 66.9 Å². The van der Waals surface area contributed by atoms with Crippen molar-refractivity contribution in [2.45, 2.75) is 38.1 Å². The van der Waals surface area contributed by atoms with Gasteiger partial charge in [0.2, 0.25) is 0 Å². The summed E-state index contributed by atoms with van der Waals surface area (Å²) in [7, 11) is 0. The van der Waals surface area contributed by atoms with Crippen LogP contribution in [0.15, 0.2) is 47.3 Å². The SMILES string of the molecule is O=C(c1ccc2c(c1)sc(=O)n2CCOc1ccc(C[C@@H](OCC(F)(F)F)C(=O)[O-])cc1)C1CC1.[Na+]. The Morgan fingerprint density at radius 3 is 2.44 bits per heavy atom. The first kappa shape index (κ1) is 28.4. The van der Waals surface area contributed by atoms with Gasteiger partial charge in [-0.05, 0) is 48.7 Å². The van der Waals surface area contributed by atoms with Crippen LogP contribution in [0.25, 0.3) is 10.2 Å². The number of thiazole rings is 1. The Morgan fingerprint density at radius 2 is 1.83 bits per heavy atom. The van der Waals surface area contributed by atoms with E-state index >= 15 is 0 Å². The quantitative estimate of drug-likeness (QED) is 0.255. The number of carbonyl (C=O) groups is 2. The fourth-order valence-electron chi connectivity index (χ4n) is 3.61. The smallest absolute Gasteiger partial charge is 0.547 e. The summed E-state index contributed by atoms with van der Waals surface area (Å²) in [6.45, 7) is -1.24. The van der Waals surface area contributed by atoms with E-state index in [1.807, 2.05) is 0 Å². The van der Waals surface area contributed by atoms with Gasteiger partial charge in [0.05, 0.1) is 22.7 Å². The molecule has 0 bridgehead atoms. The number of halogens is 3. The van der Waals surface area contributed by atoms with Crippen molar-refractivity contribution in [2.24, 2.45) is 5.92 Å². The van der Waals surface area contributed by atoms with E-state index in [1.165, 1.54) is 12.1 Å². The zero-order chi connectivity index (χ0) is 25.2. The molecule has 0 saturated heterocycles. The first-order valence-electron chi connectivity index (χ1n) is 10.9. The third-order valence-corrected chi connectivity index (χ3v) is 6.48. The molecule has 12 heteroatoms. The van der Waals surface area contributed by atoms with E-state index in [-0.39, 0.29) is 65.7 Å². The summed E-state index contributed by atoms with van der Waals surface area (Å²) >= 11 is 1.07. The zero-order valence-corrected chi connectivity index (χ0v) is 22.2. The maximum absolute atomic E-state index is 12.4. The second-order valence-corrected chi connectivity index (χ2v) is 9.26. The van der Waals surface area contributed by atoms with E-state index in [9.17, 15) is 32.7 Å². The molecule has 7 nitrogen and oxygen atoms in total. The predicted octanol–water partition coefficient (Wildman–Crippen LogP) is -0.0214. The van der Waals surface area contributed by atoms with Crippen LogP contribution in [0, 0.1) is 5.92 Å². The van der Waals surface area contributed by atoms with E-state index in [1.54, 1.807) is 34.9 Å². The Hall–Kier alpha value is -2.18. The molecule has 1 fully saturated rings. The summed E-state index contributed by atoms with van der Waals surface area (Å²) in [6.07, 6.45) is -4.84. The Kier molecular flexibility index (Phi) is 9.39. The number of rotatable bonds is 11. The molecule has 1 aliphatic rings. The number of carbonyl (C=O) groups excluding carboxylic acids is 2. The van der Waals surface area contributed by atoms with Crippen molar-refractivity contribution in [1.29, 1.82) is 0 Å². The van der Waals surface area contributed by atoms with Gasteiger partial charge in [0.15, 0.2) is 5.78 Å². The summed E-state index contributed by atoms with van der Waals surface area (Å²) in [4.78, 5) is 35.6. The number of aliphatic carboxylic acids is 1. The van der Waals surface area contributed by atoms with Crippen LogP contribution in [0.4, 0.5) is 13.2 Å². The molecule has 0 unspecified atom stereocenters. The Labute approximate surface area is 230 Å². The van der Waals surface area contributed by atoms with Gasteiger partial charge in [0.1, 0.15) is 25.1 Å². The van der Waals surface area contributed by atoms with Crippen LogP contribution in [-0.4, -0.2) is 41.8 Å². The van der Waals surface area contributed by atoms with Crippen LogP contribution in [0.5, 0.6) is 5.75 Å². The topological polar surface area (TPSA) is 97.7 Å². The van der Waals surface area contributed by atoms with Crippen LogP contribution in [0.3, 0.4) is 0 Å². The molecule has 186 valence electrons. The molecule has 1 heterocycles. The molecule has 1 atom stereocenters. The number of ether oxygens (including phenoxy) is 2. The van der Waals surface area contributed by atoms with E-state index < -0.39 is 24.9 Å².